The first-order chi connectivity index (χ1) is 17.4. The lowest BCUT2D eigenvalue weighted by molar-refractivity contribution is -0.136. The van der Waals surface area contributed by atoms with E-state index in [0.29, 0.717) is 29.4 Å². The molecule has 6 heteroatoms. The summed E-state index contributed by atoms with van der Waals surface area (Å²) in [6.45, 7) is 7.93. The summed E-state index contributed by atoms with van der Waals surface area (Å²) in [5, 5.41) is 11.6. The molecular formula is C30H33N3O3. The average molecular weight is 484 g/mol. The zero-order valence-electron chi connectivity index (χ0n) is 20.9. The summed E-state index contributed by atoms with van der Waals surface area (Å²) in [6, 6.07) is 25.1. The summed E-state index contributed by atoms with van der Waals surface area (Å²) in [4.78, 5) is 33.0. The van der Waals surface area contributed by atoms with Crippen molar-refractivity contribution in [2.45, 2.75) is 31.8 Å². The Kier molecular flexibility index (Phi) is 6.65. The molecule has 1 amide bonds. The highest BCUT2D eigenvalue weighted by atomic mass is 16.3. The van der Waals surface area contributed by atoms with Gasteiger partial charge < -0.3 is 10.0 Å². The number of amides is 1. The minimum Gasteiger partial charge on any atom is -0.375 e. The molecule has 186 valence electrons. The SMILES string of the molecule is CC(C)c1ccc(C(=O)CC2(O)C(=O)N(CN3CCN(c4ccccc4)CC3)c3ccccc32)cc1. The van der Waals surface area contributed by atoms with Crippen LogP contribution in [0.4, 0.5) is 11.4 Å². The van der Waals surface area contributed by atoms with Crippen LogP contribution in [0.5, 0.6) is 0 Å². The molecule has 3 aromatic rings. The quantitative estimate of drug-likeness (QED) is 0.505. The molecule has 0 aromatic heterocycles. The number of rotatable bonds is 7. The van der Waals surface area contributed by atoms with E-state index in [0.717, 1.165) is 31.7 Å². The van der Waals surface area contributed by atoms with Crippen LogP contribution in [0, 0.1) is 0 Å². The predicted molar refractivity (Wildman–Crippen MR) is 142 cm³/mol. The second-order valence-electron chi connectivity index (χ2n) is 10.1. The molecule has 3 aromatic carbocycles. The van der Waals surface area contributed by atoms with E-state index in [1.54, 1.807) is 29.2 Å². The van der Waals surface area contributed by atoms with Gasteiger partial charge in [0.15, 0.2) is 11.4 Å². The normalized spacial score (nSPS) is 20.2. The summed E-state index contributed by atoms with van der Waals surface area (Å²) in [6.07, 6.45) is -0.276. The molecule has 1 atom stereocenters. The van der Waals surface area contributed by atoms with Crippen LogP contribution in [0.25, 0.3) is 0 Å². The van der Waals surface area contributed by atoms with Gasteiger partial charge in [-0.25, -0.2) is 0 Å². The van der Waals surface area contributed by atoms with Gasteiger partial charge >= 0.3 is 0 Å². The standard InChI is InChI=1S/C30H33N3O3/c1-22(2)23-12-14-24(15-13-23)28(34)20-30(36)26-10-6-7-11-27(26)33(29(30)35)21-31-16-18-32(19-17-31)25-8-4-3-5-9-25/h3-15,22,36H,16-21H2,1-2H3. The Bertz CT molecular complexity index is 1230. The van der Waals surface area contributed by atoms with Gasteiger partial charge in [0.05, 0.1) is 18.8 Å². The molecule has 5 rings (SSSR count). The van der Waals surface area contributed by atoms with Crippen LogP contribution in [0.1, 0.15) is 47.7 Å². The fourth-order valence-electron chi connectivity index (χ4n) is 5.19. The van der Waals surface area contributed by atoms with Gasteiger partial charge in [0, 0.05) is 43.0 Å². The first-order valence-electron chi connectivity index (χ1n) is 12.7. The first-order valence-corrected chi connectivity index (χ1v) is 12.7. The Hall–Kier alpha value is -3.48. The lowest BCUT2D eigenvalue weighted by Gasteiger charge is -2.38. The second kappa shape index (κ2) is 9.88. The van der Waals surface area contributed by atoms with E-state index in [9.17, 15) is 14.7 Å². The van der Waals surface area contributed by atoms with Crippen LogP contribution in [0.2, 0.25) is 0 Å². The number of nitrogens with zero attached hydrogens (tertiary/aromatic N) is 3. The third-order valence-electron chi connectivity index (χ3n) is 7.39. The molecule has 1 saturated heterocycles. The fourth-order valence-corrected chi connectivity index (χ4v) is 5.19. The number of hydrogen-bond donors (Lipinski definition) is 1. The van der Waals surface area contributed by atoms with Crippen molar-refractivity contribution in [1.82, 2.24) is 4.90 Å². The maximum Gasteiger partial charge on any atom is 0.265 e. The summed E-state index contributed by atoms with van der Waals surface area (Å²) in [7, 11) is 0. The monoisotopic (exact) mass is 483 g/mol. The molecule has 2 heterocycles. The molecule has 1 unspecified atom stereocenters. The number of Topliss-reactive ketones (excluding diaryl/α,β-unsaturated/α-hetero) is 1. The van der Waals surface area contributed by atoms with E-state index in [1.807, 2.05) is 42.5 Å². The highest BCUT2D eigenvalue weighted by Gasteiger charge is 2.51. The number of ketones is 1. The zero-order chi connectivity index (χ0) is 25.3. The van der Waals surface area contributed by atoms with E-state index in [4.69, 9.17) is 0 Å². The summed E-state index contributed by atoms with van der Waals surface area (Å²) in [5.74, 6) is -0.305. The lowest BCUT2D eigenvalue weighted by atomic mass is 9.87. The molecule has 2 aliphatic rings. The molecule has 0 saturated carbocycles. The van der Waals surface area contributed by atoms with Gasteiger partial charge in [-0.1, -0.05) is 74.5 Å². The van der Waals surface area contributed by atoms with Crippen molar-refractivity contribution in [3.63, 3.8) is 0 Å². The van der Waals surface area contributed by atoms with Crippen molar-refractivity contribution in [2.24, 2.45) is 0 Å². The van der Waals surface area contributed by atoms with Gasteiger partial charge in [-0.3, -0.25) is 19.4 Å². The number of carbonyl (C=O) groups excluding carboxylic acids is 2. The molecule has 1 N–H and O–H groups in total. The van der Waals surface area contributed by atoms with E-state index < -0.39 is 11.5 Å². The van der Waals surface area contributed by atoms with E-state index in [-0.39, 0.29) is 12.2 Å². The number of anilines is 2. The number of carbonyl (C=O) groups is 2. The number of benzene rings is 3. The van der Waals surface area contributed by atoms with Crippen LogP contribution in [-0.2, 0) is 10.4 Å². The number of hydrogen-bond acceptors (Lipinski definition) is 5. The van der Waals surface area contributed by atoms with Gasteiger partial charge in [0.2, 0.25) is 0 Å². The van der Waals surface area contributed by atoms with Gasteiger partial charge in [-0.15, -0.1) is 0 Å². The largest absolute Gasteiger partial charge is 0.375 e. The lowest BCUT2D eigenvalue weighted by Crippen LogP contribution is -2.52. The maximum atomic E-state index is 13.6. The van der Waals surface area contributed by atoms with Gasteiger partial charge in [-0.2, -0.15) is 0 Å². The Labute approximate surface area is 212 Å². The Morgan fingerprint density at radius 3 is 2.19 bits per heavy atom. The van der Waals surface area contributed by atoms with Crippen molar-refractivity contribution < 1.29 is 14.7 Å². The minimum atomic E-state index is -1.86. The molecule has 0 aliphatic carbocycles. The molecule has 2 aliphatic heterocycles. The molecular weight excluding hydrogens is 450 g/mol. The molecule has 0 radical (unpaired) electrons. The van der Waals surface area contributed by atoms with Gasteiger partial charge in [0.25, 0.3) is 5.91 Å². The Morgan fingerprint density at radius 1 is 0.889 bits per heavy atom. The summed E-state index contributed by atoms with van der Waals surface area (Å²) in [5.41, 5.74) is 2.17. The Balaban J connectivity index is 1.31. The van der Waals surface area contributed by atoms with Crippen LogP contribution in [0.3, 0.4) is 0 Å². The van der Waals surface area contributed by atoms with E-state index in [1.165, 1.54) is 5.69 Å². The topological polar surface area (TPSA) is 64.1 Å². The van der Waals surface area contributed by atoms with Crippen LogP contribution >= 0.6 is 0 Å². The first kappa shape index (κ1) is 24.2. The third kappa shape index (κ3) is 4.54. The van der Waals surface area contributed by atoms with E-state index in [2.05, 4.69) is 35.8 Å². The van der Waals surface area contributed by atoms with Gasteiger partial charge in [-0.05, 0) is 29.7 Å². The van der Waals surface area contributed by atoms with Crippen molar-refractivity contribution in [1.29, 1.82) is 0 Å². The highest BCUT2D eigenvalue weighted by molar-refractivity contribution is 6.10. The average Bonchev–Trinajstić information content (AvgIpc) is 3.11. The van der Waals surface area contributed by atoms with E-state index >= 15 is 0 Å². The van der Waals surface area contributed by atoms with Crippen molar-refractivity contribution in [2.75, 3.05) is 42.6 Å². The van der Waals surface area contributed by atoms with Crippen molar-refractivity contribution in [3.8, 4) is 0 Å². The molecule has 6 nitrogen and oxygen atoms in total. The van der Waals surface area contributed by atoms with Gasteiger partial charge in [0.1, 0.15) is 0 Å². The summed E-state index contributed by atoms with van der Waals surface area (Å²) < 4.78 is 0. The van der Waals surface area contributed by atoms with Crippen LogP contribution in [0.15, 0.2) is 78.9 Å². The van der Waals surface area contributed by atoms with Crippen LogP contribution < -0.4 is 9.80 Å². The number of fused-ring (bicyclic) bond motifs is 1. The second-order valence-corrected chi connectivity index (χ2v) is 10.1. The zero-order valence-corrected chi connectivity index (χ0v) is 20.9. The smallest absolute Gasteiger partial charge is 0.265 e. The third-order valence-corrected chi connectivity index (χ3v) is 7.39. The molecule has 36 heavy (non-hydrogen) atoms. The molecule has 0 bridgehead atoms. The molecule has 0 spiro atoms. The fraction of sp³-hybridized carbons (Fsp3) is 0.333. The summed E-state index contributed by atoms with van der Waals surface area (Å²) >= 11 is 0. The van der Waals surface area contributed by atoms with Crippen molar-refractivity contribution in [3.05, 3.63) is 95.6 Å². The number of aliphatic hydroxyl groups is 1. The Morgan fingerprint density at radius 2 is 1.53 bits per heavy atom. The minimum absolute atomic E-state index is 0.241. The van der Waals surface area contributed by atoms with Crippen molar-refractivity contribution >= 4 is 23.1 Å². The number of piperazine rings is 1. The maximum absolute atomic E-state index is 13.6. The van der Waals surface area contributed by atoms with Crippen LogP contribution in [-0.4, -0.2) is 54.5 Å². The highest BCUT2D eigenvalue weighted by Crippen LogP contribution is 2.43. The number of para-hydroxylation sites is 2. The molecule has 1 fully saturated rings. The predicted octanol–water partition coefficient (Wildman–Crippen LogP) is 4.40.